The molecular weight excluding hydrogens is 184 g/mol. The lowest BCUT2D eigenvalue weighted by Crippen LogP contribution is -1.79. The molecular formula is C10H9ClN2. The third-order valence-corrected chi connectivity index (χ3v) is 2.67. The SMILES string of the molecule is Clc1ccn2cc(C3CC3)nc2c1. The largest absolute Gasteiger partial charge is 0.307 e. The Hall–Kier alpha value is -1.02. The molecule has 0 atom stereocenters. The van der Waals surface area contributed by atoms with Gasteiger partial charge in [0, 0.05) is 23.3 Å². The summed E-state index contributed by atoms with van der Waals surface area (Å²) in [6, 6.07) is 3.78. The fourth-order valence-corrected chi connectivity index (χ4v) is 1.71. The van der Waals surface area contributed by atoms with Gasteiger partial charge in [-0.2, -0.15) is 0 Å². The third-order valence-electron chi connectivity index (χ3n) is 2.44. The maximum atomic E-state index is 5.87. The molecule has 13 heavy (non-hydrogen) atoms. The highest BCUT2D eigenvalue weighted by molar-refractivity contribution is 6.30. The van der Waals surface area contributed by atoms with Crippen molar-refractivity contribution in [3.8, 4) is 0 Å². The van der Waals surface area contributed by atoms with Crippen LogP contribution in [-0.2, 0) is 0 Å². The molecule has 0 unspecified atom stereocenters. The number of hydrogen-bond donors (Lipinski definition) is 0. The van der Waals surface area contributed by atoms with E-state index in [-0.39, 0.29) is 0 Å². The highest BCUT2D eigenvalue weighted by Crippen LogP contribution is 2.39. The first kappa shape index (κ1) is 7.39. The Labute approximate surface area is 81.2 Å². The van der Waals surface area contributed by atoms with E-state index in [4.69, 9.17) is 11.6 Å². The number of pyridine rings is 1. The quantitative estimate of drug-likeness (QED) is 0.679. The molecule has 1 aliphatic rings. The Morgan fingerprint density at radius 2 is 2.31 bits per heavy atom. The highest BCUT2D eigenvalue weighted by Gasteiger charge is 2.25. The first-order valence-corrected chi connectivity index (χ1v) is 4.85. The van der Waals surface area contributed by atoms with Gasteiger partial charge in [-0.15, -0.1) is 0 Å². The van der Waals surface area contributed by atoms with Gasteiger partial charge < -0.3 is 4.40 Å². The summed E-state index contributed by atoms with van der Waals surface area (Å²) >= 11 is 5.87. The molecule has 3 heteroatoms. The lowest BCUT2D eigenvalue weighted by atomic mass is 10.3. The molecule has 0 spiro atoms. The van der Waals surface area contributed by atoms with Crippen molar-refractivity contribution in [3.05, 3.63) is 35.2 Å². The predicted octanol–water partition coefficient (Wildman–Crippen LogP) is 2.87. The monoisotopic (exact) mass is 192 g/mol. The van der Waals surface area contributed by atoms with Crippen LogP contribution in [0.3, 0.4) is 0 Å². The van der Waals surface area contributed by atoms with E-state index >= 15 is 0 Å². The third kappa shape index (κ3) is 1.22. The van der Waals surface area contributed by atoms with Crippen LogP contribution in [0.1, 0.15) is 24.5 Å². The van der Waals surface area contributed by atoms with E-state index in [0.29, 0.717) is 5.92 Å². The fraction of sp³-hybridized carbons (Fsp3) is 0.300. The van der Waals surface area contributed by atoms with Crippen LogP contribution in [0.15, 0.2) is 24.5 Å². The van der Waals surface area contributed by atoms with Crippen LogP contribution >= 0.6 is 11.6 Å². The van der Waals surface area contributed by atoms with Crippen molar-refractivity contribution in [2.45, 2.75) is 18.8 Å². The van der Waals surface area contributed by atoms with Crippen LogP contribution in [0.5, 0.6) is 0 Å². The number of imidazole rings is 1. The maximum Gasteiger partial charge on any atom is 0.138 e. The highest BCUT2D eigenvalue weighted by atomic mass is 35.5. The molecule has 2 nitrogen and oxygen atoms in total. The molecule has 0 amide bonds. The van der Waals surface area contributed by atoms with Crippen molar-refractivity contribution in [1.82, 2.24) is 9.38 Å². The van der Waals surface area contributed by atoms with E-state index in [1.54, 1.807) is 0 Å². The van der Waals surface area contributed by atoms with Gasteiger partial charge in [0.15, 0.2) is 0 Å². The van der Waals surface area contributed by atoms with Crippen molar-refractivity contribution in [2.75, 3.05) is 0 Å². The molecule has 2 heterocycles. The van der Waals surface area contributed by atoms with Gasteiger partial charge in [-0.25, -0.2) is 4.98 Å². The van der Waals surface area contributed by atoms with Gasteiger partial charge in [0.1, 0.15) is 5.65 Å². The fourth-order valence-electron chi connectivity index (χ4n) is 1.55. The van der Waals surface area contributed by atoms with E-state index < -0.39 is 0 Å². The van der Waals surface area contributed by atoms with E-state index in [9.17, 15) is 0 Å². The molecule has 1 aliphatic carbocycles. The summed E-state index contributed by atoms with van der Waals surface area (Å²) in [7, 11) is 0. The standard InChI is InChI=1S/C10H9ClN2/c11-8-3-4-13-6-9(7-1-2-7)12-10(13)5-8/h3-7H,1-2H2. The smallest absolute Gasteiger partial charge is 0.138 e. The molecule has 66 valence electrons. The van der Waals surface area contributed by atoms with Gasteiger partial charge >= 0.3 is 0 Å². The summed E-state index contributed by atoms with van der Waals surface area (Å²) in [4.78, 5) is 4.51. The predicted molar refractivity (Wildman–Crippen MR) is 52.2 cm³/mol. The second-order valence-electron chi connectivity index (χ2n) is 3.55. The Morgan fingerprint density at radius 3 is 3.08 bits per heavy atom. The van der Waals surface area contributed by atoms with E-state index in [0.717, 1.165) is 10.7 Å². The second-order valence-corrected chi connectivity index (χ2v) is 3.99. The van der Waals surface area contributed by atoms with Crippen LogP contribution in [0.2, 0.25) is 5.02 Å². The minimum Gasteiger partial charge on any atom is -0.307 e. The molecule has 3 rings (SSSR count). The topological polar surface area (TPSA) is 17.3 Å². The summed E-state index contributed by atoms with van der Waals surface area (Å²) in [5, 5.41) is 0.750. The van der Waals surface area contributed by atoms with Crippen LogP contribution in [0.4, 0.5) is 0 Å². The van der Waals surface area contributed by atoms with Gasteiger partial charge in [0.05, 0.1) is 5.69 Å². The minimum absolute atomic E-state index is 0.707. The summed E-state index contributed by atoms with van der Waals surface area (Å²) < 4.78 is 2.03. The minimum atomic E-state index is 0.707. The Kier molecular flexibility index (Phi) is 1.41. The normalized spacial score (nSPS) is 16.7. The van der Waals surface area contributed by atoms with Crippen LogP contribution in [-0.4, -0.2) is 9.38 Å². The molecule has 0 aliphatic heterocycles. The van der Waals surface area contributed by atoms with Crippen LogP contribution < -0.4 is 0 Å². The first-order chi connectivity index (χ1) is 6.33. The summed E-state index contributed by atoms with van der Waals surface area (Å²) in [6.07, 6.45) is 6.63. The maximum absolute atomic E-state index is 5.87. The van der Waals surface area contributed by atoms with Gasteiger partial charge in [-0.1, -0.05) is 11.6 Å². The van der Waals surface area contributed by atoms with Gasteiger partial charge in [0.2, 0.25) is 0 Å². The number of aromatic nitrogens is 2. The average Bonchev–Trinajstić information content (AvgIpc) is 2.87. The molecule has 0 aromatic carbocycles. The Bertz CT molecular complexity index is 457. The number of halogens is 1. The first-order valence-electron chi connectivity index (χ1n) is 4.47. The zero-order chi connectivity index (χ0) is 8.84. The molecule has 0 N–H and O–H groups in total. The van der Waals surface area contributed by atoms with E-state index in [2.05, 4.69) is 11.2 Å². The number of rotatable bonds is 1. The molecule has 2 aromatic rings. The van der Waals surface area contributed by atoms with Crippen molar-refractivity contribution < 1.29 is 0 Å². The molecule has 0 saturated heterocycles. The van der Waals surface area contributed by atoms with Crippen LogP contribution in [0.25, 0.3) is 5.65 Å². The van der Waals surface area contributed by atoms with Crippen molar-refractivity contribution >= 4 is 17.2 Å². The Morgan fingerprint density at radius 1 is 1.46 bits per heavy atom. The van der Waals surface area contributed by atoms with Crippen LogP contribution in [0, 0.1) is 0 Å². The van der Waals surface area contributed by atoms with Gasteiger partial charge in [-0.3, -0.25) is 0 Å². The average molecular weight is 193 g/mol. The lowest BCUT2D eigenvalue weighted by molar-refractivity contribution is 1.06. The Balaban J connectivity index is 2.20. The molecule has 0 radical (unpaired) electrons. The number of nitrogens with zero attached hydrogens (tertiary/aromatic N) is 2. The number of hydrogen-bond acceptors (Lipinski definition) is 1. The van der Waals surface area contributed by atoms with Crippen molar-refractivity contribution in [1.29, 1.82) is 0 Å². The van der Waals surface area contributed by atoms with Crippen molar-refractivity contribution in [2.24, 2.45) is 0 Å². The zero-order valence-electron chi connectivity index (χ0n) is 7.07. The van der Waals surface area contributed by atoms with Gasteiger partial charge in [0.25, 0.3) is 0 Å². The summed E-state index contributed by atoms with van der Waals surface area (Å²) in [5.41, 5.74) is 2.16. The van der Waals surface area contributed by atoms with Crippen molar-refractivity contribution in [3.63, 3.8) is 0 Å². The molecule has 1 saturated carbocycles. The summed E-state index contributed by atoms with van der Waals surface area (Å²) in [5.74, 6) is 0.707. The summed E-state index contributed by atoms with van der Waals surface area (Å²) in [6.45, 7) is 0. The van der Waals surface area contributed by atoms with Gasteiger partial charge in [-0.05, 0) is 25.0 Å². The number of fused-ring (bicyclic) bond motifs is 1. The molecule has 0 bridgehead atoms. The zero-order valence-corrected chi connectivity index (χ0v) is 7.83. The second kappa shape index (κ2) is 2.48. The molecule has 2 aromatic heterocycles. The lowest BCUT2D eigenvalue weighted by Gasteiger charge is -1.90. The van der Waals surface area contributed by atoms with E-state index in [1.807, 2.05) is 22.7 Å². The molecule has 1 fully saturated rings. The van der Waals surface area contributed by atoms with E-state index in [1.165, 1.54) is 18.5 Å².